The minimum atomic E-state index is 0.522. The molecule has 4 nitrogen and oxygen atoms in total. The average molecular weight is 248 g/mol. The van der Waals surface area contributed by atoms with Crippen LogP contribution in [0.3, 0.4) is 0 Å². The van der Waals surface area contributed by atoms with E-state index < -0.39 is 0 Å². The number of nitrogens with one attached hydrogen (secondary N) is 1. The van der Waals surface area contributed by atoms with Crippen molar-refractivity contribution in [3.8, 4) is 11.3 Å². The zero-order chi connectivity index (χ0) is 12.0. The molecule has 0 radical (unpaired) electrons. The highest BCUT2D eigenvalue weighted by Gasteiger charge is 2.16. The number of H-pyrrole nitrogens is 1. The van der Waals surface area contributed by atoms with Gasteiger partial charge in [0, 0.05) is 21.6 Å². The van der Waals surface area contributed by atoms with Crippen molar-refractivity contribution in [3.05, 3.63) is 35.1 Å². The van der Waals surface area contributed by atoms with E-state index in [1.54, 1.807) is 0 Å². The van der Waals surface area contributed by atoms with Crippen molar-refractivity contribution in [3.63, 3.8) is 0 Å². The highest BCUT2D eigenvalue weighted by Crippen LogP contribution is 2.36. The fourth-order valence-corrected chi connectivity index (χ4v) is 2.20. The number of aromatic nitrogens is 2. The normalized spacial score (nSPS) is 11.2. The Labute approximate surface area is 102 Å². The summed E-state index contributed by atoms with van der Waals surface area (Å²) in [6.07, 6.45) is 1.50. The smallest absolute Gasteiger partial charge is 0.192 e. The summed E-state index contributed by atoms with van der Waals surface area (Å²) in [6.45, 7) is 1.96. The Morgan fingerprint density at radius 1 is 1.41 bits per heavy atom. The van der Waals surface area contributed by atoms with Crippen LogP contribution in [-0.2, 0) is 0 Å². The zero-order valence-corrected chi connectivity index (χ0v) is 9.88. The molecule has 0 unspecified atom stereocenters. The predicted octanol–water partition coefficient (Wildman–Crippen LogP) is 3.37. The first-order valence-corrected chi connectivity index (χ1v) is 5.53. The molecule has 3 rings (SSSR count). The minimum absolute atomic E-state index is 0.522. The van der Waals surface area contributed by atoms with Gasteiger partial charge >= 0.3 is 0 Å². The average Bonchev–Trinajstić information content (AvgIpc) is 2.81. The van der Waals surface area contributed by atoms with Gasteiger partial charge in [-0.2, -0.15) is 0 Å². The maximum atomic E-state index is 6.01. The lowest BCUT2D eigenvalue weighted by Crippen LogP contribution is -1.85. The molecule has 0 aliphatic heterocycles. The maximum Gasteiger partial charge on any atom is 0.192 e. The second kappa shape index (κ2) is 3.53. The molecule has 0 aliphatic rings. The second-order valence-electron chi connectivity index (χ2n) is 3.93. The van der Waals surface area contributed by atoms with Crippen LogP contribution >= 0.6 is 11.6 Å². The first-order chi connectivity index (χ1) is 8.16. The molecule has 0 saturated carbocycles. The molecule has 5 heteroatoms. The van der Waals surface area contributed by atoms with E-state index in [1.807, 2.05) is 25.1 Å². The van der Waals surface area contributed by atoms with Crippen molar-refractivity contribution >= 4 is 28.2 Å². The molecule has 86 valence electrons. The second-order valence-corrected chi connectivity index (χ2v) is 4.36. The van der Waals surface area contributed by atoms with E-state index in [1.165, 1.54) is 6.20 Å². The summed E-state index contributed by atoms with van der Waals surface area (Å²) in [7, 11) is 0. The summed E-state index contributed by atoms with van der Waals surface area (Å²) < 4.78 is 5.20. The van der Waals surface area contributed by atoms with E-state index in [4.69, 9.17) is 21.9 Å². The van der Waals surface area contributed by atoms with E-state index in [0.29, 0.717) is 16.5 Å². The lowest BCUT2D eigenvalue weighted by Gasteiger charge is -1.97. The van der Waals surface area contributed by atoms with Gasteiger partial charge in [0.25, 0.3) is 0 Å². The number of halogens is 1. The van der Waals surface area contributed by atoms with Crippen LogP contribution in [0.4, 0.5) is 5.69 Å². The third kappa shape index (κ3) is 1.49. The first kappa shape index (κ1) is 10.2. The van der Waals surface area contributed by atoms with Crippen molar-refractivity contribution in [2.45, 2.75) is 6.92 Å². The van der Waals surface area contributed by atoms with Crippen molar-refractivity contribution in [1.82, 2.24) is 10.1 Å². The Balaban J connectivity index is 2.39. The lowest BCUT2D eigenvalue weighted by atomic mass is 10.1. The number of nitrogens with zero attached hydrogens (tertiary/aromatic N) is 1. The first-order valence-electron chi connectivity index (χ1n) is 5.15. The molecule has 0 bridgehead atoms. The van der Waals surface area contributed by atoms with Gasteiger partial charge in [0.05, 0.1) is 11.8 Å². The number of hydrogen-bond donors (Lipinski definition) is 2. The topological polar surface area (TPSA) is 67.8 Å². The number of nitrogen functional groups attached to an aromatic ring is 1. The fourth-order valence-electron chi connectivity index (χ4n) is 2.03. The van der Waals surface area contributed by atoms with Gasteiger partial charge in [0.15, 0.2) is 5.76 Å². The SMILES string of the molecule is Cc1[nH]c2ccc(Cl)cc2c1-c1oncc1N. The monoisotopic (exact) mass is 247 g/mol. The lowest BCUT2D eigenvalue weighted by molar-refractivity contribution is 0.432. The number of hydrogen-bond acceptors (Lipinski definition) is 3. The Kier molecular flexibility index (Phi) is 2.12. The van der Waals surface area contributed by atoms with Gasteiger partial charge in [-0.05, 0) is 25.1 Å². The summed E-state index contributed by atoms with van der Waals surface area (Å²) in [4.78, 5) is 3.27. The Morgan fingerprint density at radius 2 is 2.24 bits per heavy atom. The van der Waals surface area contributed by atoms with Crippen molar-refractivity contribution in [1.29, 1.82) is 0 Å². The van der Waals surface area contributed by atoms with Crippen LogP contribution in [0.2, 0.25) is 5.02 Å². The van der Waals surface area contributed by atoms with Gasteiger partial charge in [-0.15, -0.1) is 0 Å². The summed E-state index contributed by atoms with van der Waals surface area (Å²) in [6, 6.07) is 5.66. The number of anilines is 1. The van der Waals surface area contributed by atoms with Crippen molar-refractivity contribution in [2.24, 2.45) is 0 Å². The van der Waals surface area contributed by atoms with Crippen LogP contribution in [0, 0.1) is 6.92 Å². The summed E-state index contributed by atoms with van der Waals surface area (Å²) in [5, 5.41) is 5.36. The molecule has 17 heavy (non-hydrogen) atoms. The largest absolute Gasteiger partial charge is 0.394 e. The van der Waals surface area contributed by atoms with Crippen LogP contribution in [0.15, 0.2) is 28.9 Å². The quantitative estimate of drug-likeness (QED) is 0.693. The van der Waals surface area contributed by atoms with Gasteiger partial charge in [0.2, 0.25) is 0 Å². The van der Waals surface area contributed by atoms with E-state index >= 15 is 0 Å². The highest BCUT2D eigenvalue weighted by molar-refractivity contribution is 6.31. The number of aryl methyl sites for hydroxylation is 1. The van der Waals surface area contributed by atoms with Crippen LogP contribution in [0.1, 0.15) is 5.69 Å². The summed E-state index contributed by atoms with van der Waals surface area (Å²) in [5.74, 6) is 0.580. The maximum absolute atomic E-state index is 6.01. The molecule has 2 heterocycles. The molecular weight excluding hydrogens is 238 g/mol. The van der Waals surface area contributed by atoms with Gasteiger partial charge in [0.1, 0.15) is 5.69 Å². The molecule has 2 aromatic heterocycles. The van der Waals surface area contributed by atoms with Gasteiger partial charge in [-0.25, -0.2) is 0 Å². The van der Waals surface area contributed by atoms with Gasteiger partial charge < -0.3 is 15.2 Å². The molecule has 0 aliphatic carbocycles. The van der Waals surface area contributed by atoms with Crippen LogP contribution in [0.5, 0.6) is 0 Å². The van der Waals surface area contributed by atoms with E-state index in [-0.39, 0.29) is 0 Å². The number of rotatable bonds is 1. The molecule has 3 N–H and O–H groups in total. The molecule has 0 atom stereocenters. The highest BCUT2D eigenvalue weighted by atomic mass is 35.5. The van der Waals surface area contributed by atoms with E-state index in [2.05, 4.69) is 10.1 Å². The molecule has 0 spiro atoms. The molecule has 0 amide bonds. The van der Waals surface area contributed by atoms with E-state index in [0.717, 1.165) is 22.2 Å². The van der Waals surface area contributed by atoms with Crippen molar-refractivity contribution in [2.75, 3.05) is 5.73 Å². The Hall–Kier alpha value is -1.94. The number of fused-ring (bicyclic) bond motifs is 1. The number of aromatic amines is 1. The van der Waals surface area contributed by atoms with Gasteiger partial charge in [-0.1, -0.05) is 16.8 Å². The zero-order valence-electron chi connectivity index (χ0n) is 9.12. The third-order valence-corrected chi connectivity index (χ3v) is 3.01. The van der Waals surface area contributed by atoms with Gasteiger partial charge in [-0.3, -0.25) is 0 Å². The van der Waals surface area contributed by atoms with Crippen molar-refractivity contribution < 1.29 is 4.52 Å². The van der Waals surface area contributed by atoms with Crippen LogP contribution in [-0.4, -0.2) is 10.1 Å². The number of nitrogens with two attached hydrogens (primary N) is 1. The Bertz CT molecular complexity index is 699. The standard InChI is InChI=1S/C12H10ClN3O/c1-6-11(12-9(14)5-15-17-12)8-4-7(13)2-3-10(8)16-6/h2-5,16H,14H2,1H3. The van der Waals surface area contributed by atoms with Crippen LogP contribution in [0.25, 0.3) is 22.2 Å². The molecule has 0 fully saturated rings. The predicted molar refractivity (Wildman–Crippen MR) is 68.0 cm³/mol. The number of benzene rings is 1. The molecule has 0 saturated heterocycles. The summed E-state index contributed by atoms with van der Waals surface area (Å²) >= 11 is 6.01. The summed E-state index contributed by atoms with van der Waals surface area (Å²) in [5.41, 5.74) is 9.24. The molecule has 1 aromatic carbocycles. The molecule has 3 aromatic rings. The third-order valence-electron chi connectivity index (χ3n) is 2.77. The molecular formula is C12H10ClN3O. The Morgan fingerprint density at radius 3 is 2.94 bits per heavy atom. The minimum Gasteiger partial charge on any atom is -0.394 e. The van der Waals surface area contributed by atoms with E-state index in [9.17, 15) is 0 Å². The fraction of sp³-hybridized carbons (Fsp3) is 0.0833. The van der Waals surface area contributed by atoms with Crippen LogP contribution < -0.4 is 5.73 Å².